The number of allylic oxidation sites excluding steroid dienone is 4. The van der Waals surface area contributed by atoms with Gasteiger partial charge in [0.2, 0.25) is 0 Å². The molecule has 4 rings (SSSR count). The van der Waals surface area contributed by atoms with Crippen molar-refractivity contribution in [2.45, 2.75) is 42.0 Å². The van der Waals surface area contributed by atoms with Crippen molar-refractivity contribution in [1.29, 1.82) is 0 Å². The van der Waals surface area contributed by atoms with Gasteiger partial charge in [0, 0.05) is 0 Å². The summed E-state index contributed by atoms with van der Waals surface area (Å²) in [5.74, 6) is 0. The summed E-state index contributed by atoms with van der Waals surface area (Å²) in [6, 6.07) is 17.4. The molecule has 2 aliphatic carbocycles. The second kappa shape index (κ2) is 6.37. The van der Waals surface area contributed by atoms with Crippen LogP contribution in [0.25, 0.3) is 11.1 Å². The first kappa shape index (κ1) is 19.6. The Balaban J connectivity index is 2.05. The summed E-state index contributed by atoms with van der Waals surface area (Å²) in [6.07, 6.45) is 0. The fourth-order valence-corrected chi connectivity index (χ4v) is 31.8. The van der Waals surface area contributed by atoms with Gasteiger partial charge in [-0.2, -0.15) is 0 Å². The summed E-state index contributed by atoms with van der Waals surface area (Å²) in [5.41, 5.74) is 10.7. The zero-order valence-corrected chi connectivity index (χ0v) is 21.7. The third kappa shape index (κ3) is 2.54. The van der Waals surface area contributed by atoms with Gasteiger partial charge >= 0.3 is 172 Å². The van der Waals surface area contributed by atoms with E-state index in [0.29, 0.717) is 0 Å². The molecular formula is C24H26Cl2Hf. The molecule has 27 heavy (non-hydrogen) atoms. The van der Waals surface area contributed by atoms with Crippen LogP contribution in [-0.2, 0) is 15.7 Å². The first-order chi connectivity index (χ1) is 12.7. The van der Waals surface area contributed by atoms with Crippen LogP contribution >= 0.6 is 17.2 Å². The van der Waals surface area contributed by atoms with Gasteiger partial charge in [0.1, 0.15) is 0 Å². The molecule has 2 aromatic carbocycles. The molecule has 0 nitrogen and oxygen atoms in total. The second-order valence-corrected chi connectivity index (χ2v) is 38.6. The standard InChI is InChI=1S/2C11H11.C2H4.2ClH.Hf/c2*1-8-7-10-5-3-4-6-11(10)9(8)2;1-2;;;/h2*3-7H,1-2H3;1H,2H3;2*1H;/q;;;;;+2/p-2. The van der Waals surface area contributed by atoms with E-state index in [1.807, 2.05) is 0 Å². The van der Waals surface area contributed by atoms with Gasteiger partial charge in [0.05, 0.1) is 0 Å². The number of halogens is 2. The van der Waals surface area contributed by atoms with Gasteiger partial charge in [-0.3, -0.25) is 0 Å². The maximum absolute atomic E-state index is 7.83. The molecule has 0 fully saturated rings. The molecule has 0 spiro atoms. The minimum atomic E-state index is -4.65. The molecule has 0 radical (unpaired) electrons. The van der Waals surface area contributed by atoms with Crippen LogP contribution in [0.15, 0.2) is 59.7 Å². The Kier molecular flexibility index (Phi) is 4.61. The molecule has 2 unspecified atom stereocenters. The van der Waals surface area contributed by atoms with Gasteiger partial charge in [-0.1, -0.05) is 0 Å². The number of fused-ring (bicyclic) bond motifs is 2. The van der Waals surface area contributed by atoms with Gasteiger partial charge in [-0.25, -0.2) is 0 Å². The fourth-order valence-electron chi connectivity index (χ4n) is 5.43. The van der Waals surface area contributed by atoms with E-state index in [-0.39, 0.29) is 7.35 Å². The number of benzene rings is 2. The third-order valence-electron chi connectivity index (χ3n) is 7.06. The van der Waals surface area contributed by atoms with E-state index >= 15 is 0 Å². The van der Waals surface area contributed by atoms with Crippen LogP contribution in [-0.4, -0.2) is 3.76 Å². The molecule has 0 bridgehead atoms. The van der Waals surface area contributed by atoms with E-state index in [1.54, 1.807) is 0 Å². The molecule has 3 heteroatoms. The van der Waals surface area contributed by atoms with E-state index in [4.69, 9.17) is 17.2 Å². The summed E-state index contributed by atoms with van der Waals surface area (Å²) in [5, 5.41) is 0. The van der Waals surface area contributed by atoms with E-state index < -0.39 is 15.7 Å². The van der Waals surface area contributed by atoms with Gasteiger partial charge in [-0.05, 0) is 0 Å². The van der Waals surface area contributed by atoms with Gasteiger partial charge in [0.15, 0.2) is 0 Å². The summed E-state index contributed by atoms with van der Waals surface area (Å²) in [4.78, 5) is 0. The van der Waals surface area contributed by atoms with Crippen molar-refractivity contribution in [3.63, 3.8) is 0 Å². The topological polar surface area (TPSA) is 0 Å². The Morgan fingerprint density at radius 2 is 1.07 bits per heavy atom. The Hall–Kier alpha value is -0.760. The zero-order chi connectivity index (χ0) is 19.6. The van der Waals surface area contributed by atoms with Gasteiger partial charge in [-0.15, -0.1) is 0 Å². The van der Waals surface area contributed by atoms with Gasteiger partial charge < -0.3 is 0 Å². The third-order valence-corrected chi connectivity index (χ3v) is 35.0. The predicted octanol–water partition coefficient (Wildman–Crippen LogP) is 7.90. The van der Waals surface area contributed by atoms with Crippen molar-refractivity contribution in [3.05, 3.63) is 81.9 Å². The number of hydrogen-bond donors (Lipinski definition) is 0. The first-order valence-electron chi connectivity index (χ1n) is 9.63. The second-order valence-electron chi connectivity index (χ2n) is 8.17. The number of hydrogen-bond acceptors (Lipinski definition) is 0. The molecule has 2 atom stereocenters. The van der Waals surface area contributed by atoms with E-state index in [1.165, 1.54) is 44.5 Å². The SMILES string of the molecule is C[CH]=[Hf]([Cl])([Cl])([CH]1C(C)=C(C)c2ccccc21)[CH]1C(C)=C(C)c2ccccc21. The summed E-state index contributed by atoms with van der Waals surface area (Å²) in [6.45, 7) is 11.0. The molecule has 0 amide bonds. The summed E-state index contributed by atoms with van der Waals surface area (Å²) >= 11 is -4.65. The van der Waals surface area contributed by atoms with E-state index in [9.17, 15) is 0 Å². The van der Waals surface area contributed by atoms with Crippen molar-refractivity contribution < 1.29 is 15.7 Å². The fraction of sp³-hybridized carbons (Fsp3) is 0.292. The van der Waals surface area contributed by atoms with Crippen LogP contribution in [0, 0.1) is 0 Å². The minimum absolute atomic E-state index is 0.130. The Morgan fingerprint density at radius 3 is 1.44 bits per heavy atom. The van der Waals surface area contributed by atoms with Crippen molar-refractivity contribution in [2.24, 2.45) is 0 Å². The average Bonchev–Trinajstić information content (AvgIpc) is 3.08. The van der Waals surface area contributed by atoms with Gasteiger partial charge in [0.25, 0.3) is 0 Å². The first-order valence-corrected chi connectivity index (χ1v) is 24.8. The van der Waals surface area contributed by atoms with Crippen molar-refractivity contribution in [2.75, 3.05) is 0 Å². The molecule has 2 aliphatic rings. The Labute approximate surface area is 170 Å². The van der Waals surface area contributed by atoms with Crippen LogP contribution < -0.4 is 0 Å². The van der Waals surface area contributed by atoms with Crippen molar-refractivity contribution in [1.82, 2.24) is 0 Å². The molecule has 0 N–H and O–H groups in total. The van der Waals surface area contributed by atoms with E-state index in [2.05, 4.69) is 86.9 Å². The van der Waals surface area contributed by atoms with Crippen molar-refractivity contribution in [3.8, 4) is 0 Å². The van der Waals surface area contributed by atoms with Crippen LogP contribution in [0.5, 0.6) is 0 Å². The molecule has 140 valence electrons. The summed E-state index contributed by atoms with van der Waals surface area (Å²) < 4.78 is 2.50. The molecule has 0 saturated heterocycles. The van der Waals surface area contributed by atoms with Crippen molar-refractivity contribution >= 4 is 32.1 Å². The molecular weight excluding hydrogens is 538 g/mol. The molecule has 0 saturated carbocycles. The van der Waals surface area contributed by atoms with E-state index in [0.717, 1.165) is 0 Å². The summed E-state index contributed by atoms with van der Waals surface area (Å²) in [7, 11) is 15.7. The predicted molar refractivity (Wildman–Crippen MR) is 118 cm³/mol. The molecule has 0 aliphatic heterocycles. The monoisotopic (exact) mass is 564 g/mol. The quantitative estimate of drug-likeness (QED) is 0.326. The van der Waals surface area contributed by atoms with Crippen LogP contribution in [0.2, 0.25) is 0 Å². The number of rotatable bonds is 2. The zero-order valence-electron chi connectivity index (χ0n) is 16.6. The molecule has 0 aromatic heterocycles. The maximum atomic E-state index is 7.83. The Morgan fingerprint density at radius 1 is 0.704 bits per heavy atom. The Bertz CT molecular complexity index is 1020. The van der Waals surface area contributed by atoms with Crippen LogP contribution in [0.4, 0.5) is 0 Å². The van der Waals surface area contributed by atoms with Crippen LogP contribution in [0.1, 0.15) is 64.2 Å². The average molecular weight is 564 g/mol. The molecule has 2 aromatic rings. The van der Waals surface area contributed by atoms with Crippen LogP contribution in [0.3, 0.4) is 0 Å². The normalized spacial score (nSPS) is 22.2. The molecule has 0 heterocycles.